The van der Waals surface area contributed by atoms with Crippen LogP contribution in [0.5, 0.6) is 11.5 Å². The number of rotatable bonds is 6. The van der Waals surface area contributed by atoms with Gasteiger partial charge in [-0.05, 0) is 31.4 Å². The fraction of sp³-hybridized carbons (Fsp3) is 0.579. The van der Waals surface area contributed by atoms with Gasteiger partial charge in [0.05, 0.1) is 0 Å². The van der Waals surface area contributed by atoms with Crippen molar-refractivity contribution in [1.29, 1.82) is 0 Å². The second-order valence-corrected chi connectivity index (χ2v) is 6.75. The molecule has 0 saturated heterocycles. The summed E-state index contributed by atoms with van der Waals surface area (Å²) in [5.74, 6) is 1.26. The van der Waals surface area contributed by atoms with Crippen LogP contribution in [-0.2, 0) is 4.79 Å². The maximum atomic E-state index is 12.0. The van der Waals surface area contributed by atoms with Crippen LogP contribution in [0.15, 0.2) is 18.2 Å². The van der Waals surface area contributed by atoms with Crippen molar-refractivity contribution in [3.05, 3.63) is 18.2 Å². The summed E-state index contributed by atoms with van der Waals surface area (Å²) in [6, 6.07) is 5.51. The van der Waals surface area contributed by atoms with E-state index in [-0.39, 0.29) is 11.9 Å². The van der Waals surface area contributed by atoms with Crippen molar-refractivity contribution >= 4 is 17.6 Å². The Labute approximate surface area is 153 Å². The van der Waals surface area contributed by atoms with E-state index in [2.05, 4.69) is 16.0 Å². The highest BCUT2D eigenvalue weighted by atomic mass is 16.6. The largest absolute Gasteiger partial charge is 0.486 e. The highest BCUT2D eigenvalue weighted by molar-refractivity contribution is 5.91. The van der Waals surface area contributed by atoms with E-state index in [1.54, 1.807) is 18.2 Å². The van der Waals surface area contributed by atoms with Crippen LogP contribution in [0, 0.1) is 0 Å². The number of carbonyl (C=O) groups excluding carboxylic acids is 2. The number of nitrogens with one attached hydrogen (secondary N) is 3. The second kappa shape index (κ2) is 9.31. The number of urea groups is 1. The predicted molar refractivity (Wildman–Crippen MR) is 98.7 cm³/mol. The molecular formula is C19H27N3O4. The molecule has 1 heterocycles. The molecule has 1 aliphatic heterocycles. The monoisotopic (exact) mass is 361 g/mol. The summed E-state index contributed by atoms with van der Waals surface area (Å²) in [5, 5.41) is 8.67. The molecule has 1 aromatic rings. The van der Waals surface area contributed by atoms with Gasteiger partial charge in [0, 0.05) is 30.8 Å². The molecule has 7 heteroatoms. The molecule has 26 heavy (non-hydrogen) atoms. The van der Waals surface area contributed by atoms with Crippen molar-refractivity contribution in [3.8, 4) is 11.5 Å². The van der Waals surface area contributed by atoms with Gasteiger partial charge in [-0.3, -0.25) is 4.79 Å². The van der Waals surface area contributed by atoms with E-state index in [9.17, 15) is 9.59 Å². The van der Waals surface area contributed by atoms with E-state index in [0.29, 0.717) is 55.8 Å². The molecule has 0 unspecified atom stereocenters. The molecule has 1 aromatic carbocycles. The van der Waals surface area contributed by atoms with Gasteiger partial charge in [-0.1, -0.05) is 19.3 Å². The molecule has 0 aromatic heterocycles. The zero-order valence-corrected chi connectivity index (χ0v) is 15.0. The topological polar surface area (TPSA) is 88.7 Å². The van der Waals surface area contributed by atoms with E-state index < -0.39 is 0 Å². The van der Waals surface area contributed by atoms with Crippen LogP contribution >= 0.6 is 0 Å². The Kier molecular flexibility index (Phi) is 6.57. The van der Waals surface area contributed by atoms with Gasteiger partial charge in [0.1, 0.15) is 13.2 Å². The minimum atomic E-state index is -0.135. The Morgan fingerprint density at radius 1 is 1.04 bits per heavy atom. The molecule has 0 spiro atoms. The predicted octanol–water partition coefficient (Wildman–Crippen LogP) is 2.81. The van der Waals surface area contributed by atoms with Gasteiger partial charge in [0.2, 0.25) is 5.91 Å². The summed E-state index contributed by atoms with van der Waals surface area (Å²) in [5.41, 5.74) is 0.683. The van der Waals surface area contributed by atoms with Gasteiger partial charge in [-0.2, -0.15) is 0 Å². The summed E-state index contributed by atoms with van der Waals surface area (Å²) >= 11 is 0. The molecule has 2 aliphatic rings. The van der Waals surface area contributed by atoms with E-state index >= 15 is 0 Å². The van der Waals surface area contributed by atoms with Crippen LogP contribution in [0.1, 0.15) is 44.9 Å². The number of benzene rings is 1. The molecule has 1 saturated carbocycles. The molecule has 3 rings (SSSR count). The number of carbonyl (C=O) groups is 2. The van der Waals surface area contributed by atoms with Gasteiger partial charge < -0.3 is 25.4 Å². The molecule has 1 fully saturated rings. The summed E-state index contributed by atoms with van der Waals surface area (Å²) in [6.45, 7) is 1.53. The fourth-order valence-corrected chi connectivity index (χ4v) is 3.28. The maximum Gasteiger partial charge on any atom is 0.315 e. The van der Waals surface area contributed by atoms with Crippen molar-refractivity contribution in [2.75, 3.05) is 25.1 Å². The van der Waals surface area contributed by atoms with Crippen LogP contribution in [0.4, 0.5) is 10.5 Å². The first-order valence-corrected chi connectivity index (χ1v) is 9.44. The van der Waals surface area contributed by atoms with Crippen LogP contribution in [-0.4, -0.2) is 37.7 Å². The normalized spacial score (nSPS) is 16.6. The summed E-state index contributed by atoms with van der Waals surface area (Å²) < 4.78 is 11.0. The van der Waals surface area contributed by atoms with Crippen LogP contribution in [0.3, 0.4) is 0 Å². The fourth-order valence-electron chi connectivity index (χ4n) is 3.28. The first-order chi connectivity index (χ1) is 12.7. The van der Waals surface area contributed by atoms with Gasteiger partial charge in [0.25, 0.3) is 0 Å². The van der Waals surface area contributed by atoms with Crippen molar-refractivity contribution in [3.63, 3.8) is 0 Å². The number of hydrogen-bond acceptors (Lipinski definition) is 4. The number of ether oxygens (including phenoxy) is 2. The molecule has 1 aliphatic carbocycles. The number of anilines is 1. The minimum absolute atomic E-state index is 0.0869. The molecule has 0 radical (unpaired) electrons. The first kappa shape index (κ1) is 18.4. The minimum Gasteiger partial charge on any atom is -0.486 e. The lowest BCUT2D eigenvalue weighted by molar-refractivity contribution is -0.116. The lowest BCUT2D eigenvalue weighted by atomic mass is 9.96. The Hall–Kier alpha value is -2.44. The quantitative estimate of drug-likeness (QED) is 0.680. The number of amides is 3. The van der Waals surface area contributed by atoms with Gasteiger partial charge in [-0.15, -0.1) is 0 Å². The Morgan fingerprint density at radius 2 is 1.81 bits per heavy atom. The van der Waals surface area contributed by atoms with Gasteiger partial charge in [-0.25, -0.2) is 4.79 Å². The average Bonchev–Trinajstić information content (AvgIpc) is 2.66. The third kappa shape index (κ3) is 5.54. The third-order valence-corrected chi connectivity index (χ3v) is 4.63. The molecule has 7 nitrogen and oxygen atoms in total. The highest BCUT2D eigenvalue weighted by Crippen LogP contribution is 2.32. The number of hydrogen-bond donors (Lipinski definition) is 3. The summed E-state index contributed by atoms with van der Waals surface area (Å²) in [7, 11) is 0. The average molecular weight is 361 g/mol. The van der Waals surface area contributed by atoms with Crippen molar-refractivity contribution in [1.82, 2.24) is 10.6 Å². The van der Waals surface area contributed by atoms with Crippen molar-refractivity contribution in [2.45, 2.75) is 51.0 Å². The Bertz CT molecular complexity index is 629. The molecule has 142 valence electrons. The Morgan fingerprint density at radius 3 is 2.62 bits per heavy atom. The zero-order chi connectivity index (χ0) is 18.2. The van der Waals surface area contributed by atoms with E-state index in [0.717, 1.165) is 12.8 Å². The lowest BCUT2D eigenvalue weighted by Crippen LogP contribution is -2.43. The molecule has 3 amide bonds. The molecule has 3 N–H and O–H groups in total. The van der Waals surface area contributed by atoms with Crippen LogP contribution in [0.2, 0.25) is 0 Å². The molecular weight excluding hydrogens is 334 g/mol. The van der Waals surface area contributed by atoms with E-state index in [1.807, 2.05) is 0 Å². The third-order valence-electron chi connectivity index (χ3n) is 4.63. The first-order valence-electron chi connectivity index (χ1n) is 9.44. The molecule has 0 atom stereocenters. The molecule has 0 bridgehead atoms. The zero-order valence-electron chi connectivity index (χ0n) is 15.0. The van der Waals surface area contributed by atoms with Gasteiger partial charge >= 0.3 is 6.03 Å². The maximum absolute atomic E-state index is 12.0. The van der Waals surface area contributed by atoms with E-state index in [1.165, 1.54) is 19.3 Å². The SMILES string of the molecule is O=C(CCCNC(=O)NC1CCCCC1)Nc1ccc2c(c1)OCCO2. The standard InChI is InChI=1S/C19H27N3O4/c23-18(21-15-8-9-16-17(13-15)26-12-11-25-16)7-4-10-20-19(24)22-14-5-2-1-3-6-14/h8-9,13-14H,1-7,10-12H2,(H,21,23)(H2,20,22,24). The second-order valence-electron chi connectivity index (χ2n) is 6.75. The van der Waals surface area contributed by atoms with Crippen LogP contribution in [0.25, 0.3) is 0 Å². The van der Waals surface area contributed by atoms with Crippen LogP contribution < -0.4 is 25.4 Å². The summed E-state index contributed by atoms with van der Waals surface area (Å²) in [4.78, 5) is 23.9. The van der Waals surface area contributed by atoms with Crippen molar-refractivity contribution < 1.29 is 19.1 Å². The lowest BCUT2D eigenvalue weighted by Gasteiger charge is -2.22. The highest BCUT2D eigenvalue weighted by Gasteiger charge is 2.15. The van der Waals surface area contributed by atoms with E-state index in [4.69, 9.17) is 9.47 Å². The Balaban J connectivity index is 1.32. The smallest absolute Gasteiger partial charge is 0.315 e. The van der Waals surface area contributed by atoms with Gasteiger partial charge in [0.15, 0.2) is 11.5 Å². The number of fused-ring (bicyclic) bond motifs is 1. The summed E-state index contributed by atoms with van der Waals surface area (Å²) in [6.07, 6.45) is 6.69. The van der Waals surface area contributed by atoms with Crippen molar-refractivity contribution in [2.24, 2.45) is 0 Å².